The van der Waals surface area contributed by atoms with Gasteiger partial charge in [-0.25, -0.2) is 0 Å². The number of aliphatic hydroxyl groups is 4. The fraction of sp³-hybridized carbons (Fsp3) is 1.00. The molecule has 0 spiro atoms. The van der Waals surface area contributed by atoms with Crippen molar-refractivity contribution in [3.63, 3.8) is 0 Å². The molecule has 0 aliphatic rings. The molecule has 4 atom stereocenters. The van der Waals surface area contributed by atoms with Crippen LogP contribution in [0.15, 0.2) is 0 Å². The van der Waals surface area contributed by atoms with Gasteiger partial charge in [0.25, 0.3) is 0 Å². The highest BCUT2D eigenvalue weighted by Crippen LogP contribution is 2.17. The Labute approximate surface area is 374 Å². The molecule has 0 aromatic heterocycles. The van der Waals surface area contributed by atoms with Crippen LogP contribution in [0.1, 0.15) is 259 Å². The van der Waals surface area contributed by atoms with Crippen molar-refractivity contribution in [3.05, 3.63) is 0 Å². The summed E-state index contributed by atoms with van der Waals surface area (Å²) in [5.41, 5.74) is 0. The molecular formula is C52H108N2O4S. The van der Waals surface area contributed by atoms with Crippen molar-refractivity contribution in [1.82, 2.24) is 9.80 Å². The molecule has 0 aliphatic carbocycles. The van der Waals surface area contributed by atoms with E-state index in [-0.39, 0.29) is 24.4 Å². The maximum Gasteiger partial charge on any atom is 0.0667 e. The van der Waals surface area contributed by atoms with Crippen LogP contribution in [0, 0.1) is 0 Å². The number of thioether (sulfide) groups is 1. The van der Waals surface area contributed by atoms with E-state index >= 15 is 0 Å². The number of hydrogen-bond acceptors (Lipinski definition) is 7. The van der Waals surface area contributed by atoms with Crippen LogP contribution in [0.4, 0.5) is 0 Å². The largest absolute Gasteiger partial charge is 0.392 e. The van der Waals surface area contributed by atoms with Crippen molar-refractivity contribution in [2.75, 3.05) is 50.8 Å². The molecular weight excluding hydrogens is 749 g/mol. The monoisotopic (exact) mass is 857 g/mol. The van der Waals surface area contributed by atoms with Gasteiger partial charge in [-0.05, 0) is 25.7 Å². The first-order valence-corrected chi connectivity index (χ1v) is 27.8. The van der Waals surface area contributed by atoms with E-state index in [1.807, 2.05) is 11.8 Å². The minimum absolute atomic E-state index is 0.337. The molecule has 0 saturated carbocycles. The summed E-state index contributed by atoms with van der Waals surface area (Å²) in [5, 5.41) is 44.3. The molecule has 4 N–H and O–H groups in total. The van der Waals surface area contributed by atoms with Crippen LogP contribution in [-0.2, 0) is 0 Å². The second-order valence-corrected chi connectivity index (χ2v) is 20.0. The predicted molar refractivity (Wildman–Crippen MR) is 263 cm³/mol. The number of hydrogen-bond donors (Lipinski definition) is 4. The van der Waals surface area contributed by atoms with E-state index in [1.54, 1.807) is 0 Å². The third-order valence-corrected chi connectivity index (χ3v) is 13.5. The van der Waals surface area contributed by atoms with E-state index in [0.29, 0.717) is 26.2 Å². The summed E-state index contributed by atoms with van der Waals surface area (Å²) < 4.78 is 0. The maximum absolute atomic E-state index is 11.1. The summed E-state index contributed by atoms with van der Waals surface area (Å²) in [6.07, 6.45) is 43.0. The van der Waals surface area contributed by atoms with Crippen molar-refractivity contribution >= 4 is 11.8 Å². The first-order valence-electron chi connectivity index (χ1n) is 26.6. The molecule has 7 heteroatoms. The van der Waals surface area contributed by atoms with Crippen LogP contribution in [0.25, 0.3) is 0 Å². The van der Waals surface area contributed by atoms with Crippen molar-refractivity contribution in [1.29, 1.82) is 0 Å². The Kier molecular flexibility index (Phi) is 47.7. The van der Waals surface area contributed by atoms with Gasteiger partial charge in [0.2, 0.25) is 0 Å². The normalized spacial score (nSPS) is 14.1. The molecule has 356 valence electrons. The lowest BCUT2D eigenvalue weighted by Crippen LogP contribution is -2.40. The van der Waals surface area contributed by atoms with E-state index in [0.717, 1.165) is 76.0 Å². The van der Waals surface area contributed by atoms with Crippen LogP contribution in [0.5, 0.6) is 0 Å². The van der Waals surface area contributed by atoms with E-state index in [2.05, 4.69) is 37.5 Å². The summed E-state index contributed by atoms with van der Waals surface area (Å²) in [7, 11) is 0. The average molecular weight is 858 g/mol. The number of unbranched alkanes of at least 4 members (excludes halogenated alkanes) is 28. The van der Waals surface area contributed by atoms with Crippen LogP contribution in [0.2, 0.25) is 0 Å². The van der Waals surface area contributed by atoms with Crippen LogP contribution < -0.4 is 0 Å². The third kappa shape index (κ3) is 44.5. The quantitative estimate of drug-likeness (QED) is 0.0453. The topological polar surface area (TPSA) is 87.4 Å². The summed E-state index contributed by atoms with van der Waals surface area (Å²) >= 11 is 1.94. The Morgan fingerprint density at radius 3 is 0.678 bits per heavy atom. The summed E-state index contributed by atoms with van der Waals surface area (Å²) in [5.74, 6) is 1.93. The molecule has 0 aromatic carbocycles. The number of rotatable bonds is 50. The van der Waals surface area contributed by atoms with Crippen LogP contribution in [-0.4, -0.2) is 105 Å². The Hall–Kier alpha value is 0.110. The first-order chi connectivity index (χ1) is 28.9. The highest BCUT2D eigenvalue weighted by Gasteiger charge is 2.18. The van der Waals surface area contributed by atoms with E-state index in [1.165, 1.54) is 180 Å². The maximum atomic E-state index is 11.1. The highest BCUT2D eigenvalue weighted by molar-refractivity contribution is 7.99. The molecule has 6 nitrogen and oxygen atoms in total. The molecule has 0 rings (SSSR count). The minimum atomic E-state index is -0.337. The molecule has 0 aromatic rings. The number of nitrogens with zero attached hydrogens (tertiary/aromatic N) is 2. The smallest absolute Gasteiger partial charge is 0.0667 e. The van der Waals surface area contributed by atoms with Gasteiger partial charge in [0, 0.05) is 50.8 Å². The molecule has 4 unspecified atom stereocenters. The van der Waals surface area contributed by atoms with Crippen LogP contribution in [0.3, 0.4) is 0 Å². The minimum Gasteiger partial charge on any atom is -0.392 e. The summed E-state index contributed by atoms with van der Waals surface area (Å²) in [6, 6.07) is 0. The molecule has 0 amide bonds. The summed E-state index contributed by atoms with van der Waals surface area (Å²) in [4.78, 5) is 4.66. The molecule has 0 aliphatic heterocycles. The van der Waals surface area contributed by atoms with Gasteiger partial charge >= 0.3 is 0 Å². The zero-order valence-corrected chi connectivity index (χ0v) is 41.3. The lowest BCUT2D eigenvalue weighted by molar-refractivity contribution is 0.0637. The highest BCUT2D eigenvalue weighted by atomic mass is 32.2. The lowest BCUT2D eigenvalue weighted by Gasteiger charge is -2.28. The average Bonchev–Trinajstić information content (AvgIpc) is 3.21. The number of aliphatic hydroxyl groups excluding tert-OH is 4. The Bertz CT molecular complexity index is 676. The molecule has 0 radical (unpaired) electrons. The van der Waals surface area contributed by atoms with Gasteiger partial charge in [0.05, 0.1) is 24.4 Å². The van der Waals surface area contributed by atoms with Gasteiger partial charge < -0.3 is 20.4 Å². The standard InChI is InChI=1S/C52H108N2O4S/c1-5-9-13-17-21-25-29-33-37-49(55)45-53(46-50(56)38-34-30-26-22-18-14-10-6-2)41-43-59-44-42-54(47-51(57)39-35-31-27-23-19-15-11-7-3)48-52(58)40-36-32-28-24-20-16-12-8-4/h49-52,55-58H,5-48H2,1-4H3. The zero-order valence-electron chi connectivity index (χ0n) is 40.5. The van der Waals surface area contributed by atoms with Crippen LogP contribution >= 0.6 is 11.8 Å². The van der Waals surface area contributed by atoms with Gasteiger partial charge in [0.15, 0.2) is 0 Å². The van der Waals surface area contributed by atoms with E-state index in [4.69, 9.17) is 0 Å². The van der Waals surface area contributed by atoms with Gasteiger partial charge in [-0.2, -0.15) is 11.8 Å². The molecule has 0 heterocycles. The molecule has 0 saturated heterocycles. The van der Waals surface area contributed by atoms with E-state index < -0.39 is 0 Å². The fourth-order valence-electron chi connectivity index (χ4n) is 8.62. The molecule has 59 heavy (non-hydrogen) atoms. The lowest BCUT2D eigenvalue weighted by atomic mass is 10.0. The second-order valence-electron chi connectivity index (χ2n) is 18.8. The predicted octanol–water partition coefficient (Wildman–Crippen LogP) is 13.9. The Morgan fingerprint density at radius 1 is 0.288 bits per heavy atom. The molecule has 0 fully saturated rings. The Balaban J connectivity index is 4.98. The first kappa shape index (κ1) is 59.1. The van der Waals surface area contributed by atoms with Gasteiger partial charge in [-0.3, -0.25) is 9.80 Å². The van der Waals surface area contributed by atoms with Crippen molar-refractivity contribution < 1.29 is 20.4 Å². The summed E-state index contributed by atoms with van der Waals surface area (Å²) in [6.45, 7) is 13.4. The van der Waals surface area contributed by atoms with Gasteiger partial charge in [0.1, 0.15) is 0 Å². The van der Waals surface area contributed by atoms with Gasteiger partial charge in [-0.15, -0.1) is 0 Å². The van der Waals surface area contributed by atoms with Gasteiger partial charge in [-0.1, -0.05) is 233 Å². The third-order valence-electron chi connectivity index (χ3n) is 12.5. The fourth-order valence-corrected chi connectivity index (χ4v) is 9.60. The van der Waals surface area contributed by atoms with E-state index in [9.17, 15) is 20.4 Å². The van der Waals surface area contributed by atoms with Crippen molar-refractivity contribution in [2.24, 2.45) is 0 Å². The zero-order chi connectivity index (χ0) is 43.3. The molecule has 0 bridgehead atoms. The van der Waals surface area contributed by atoms with Crippen molar-refractivity contribution in [3.8, 4) is 0 Å². The second kappa shape index (κ2) is 47.6. The van der Waals surface area contributed by atoms with Crippen molar-refractivity contribution in [2.45, 2.75) is 283 Å². The Morgan fingerprint density at radius 2 is 0.475 bits per heavy atom. The SMILES string of the molecule is CCCCCCCCCCC(O)CN(CCSCCN(CC(O)CCCCCCCCCC)CC(O)CCCCCCCCCC)CC(O)CCCCCCCCCC.